The zero-order valence-corrected chi connectivity index (χ0v) is 13.4. The van der Waals surface area contributed by atoms with Crippen LogP contribution in [0.2, 0.25) is 0 Å². The maximum absolute atomic E-state index is 13.5. The first-order valence-electron chi connectivity index (χ1n) is 7.66. The lowest BCUT2D eigenvalue weighted by Gasteiger charge is -2.05. The molecule has 25 heavy (non-hydrogen) atoms. The first-order chi connectivity index (χ1) is 12.0. The molecular weight excluding hydrogens is 328 g/mol. The molecule has 0 saturated heterocycles. The second-order valence-electron chi connectivity index (χ2n) is 5.55. The molecule has 5 nitrogen and oxygen atoms in total. The molecule has 0 spiro atoms. The molecule has 128 valence electrons. The maximum atomic E-state index is 13.5. The van der Waals surface area contributed by atoms with Gasteiger partial charge in [-0.15, -0.1) is 0 Å². The lowest BCUT2D eigenvalue weighted by atomic mass is 10.1. The summed E-state index contributed by atoms with van der Waals surface area (Å²) in [6.07, 6.45) is 0.250. The molecule has 0 saturated carbocycles. The Morgan fingerprint density at radius 1 is 1.16 bits per heavy atom. The van der Waals surface area contributed by atoms with Crippen LogP contribution in [0.1, 0.15) is 17.9 Å². The van der Waals surface area contributed by atoms with Gasteiger partial charge in [-0.2, -0.15) is 4.98 Å². The van der Waals surface area contributed by atoms with Crippen molar-refractivity contribution in [2.45, 2.75) is 19.8 Å². The summed E-state index contributed by atoms with van der Waals surface area (Å²) in [5, 5.41) is 6.26. The molecule has 1 aromatic heterocycles. The van der Waals surface area contributed by atoms with Gasteiger partial charge >= 0.3 is 0 Å². The van der Waals surface area contributed by atoms with Gasteiger partial charge in [-0.3, -0.25) is 4.79 Å². The maximum Gasteiger partial charge on any atom is 0.227 e. The van der Waals surface area contributed by atoms with Crippen molar-refractivity contribution in [1.82, 2.24) is 10.1 Å². The molecule has 3 aromatic rings. The molecule has 1 amide bonds. The lowest BCUT2D eigenvalue weighted by Crippen LogP contribution is -2.13. The fourth-order valence-corrected chi connectivity index (χ4v) is 2.20. The van der Waals surface area contributed by atoms with E-state index in [1.54, 1.807) is 0 Å². The van der Waals surface area contributed by atoms with Crippen LogP contribution in [-0.2, 0) is 11.2 Å². The first kappa shape index (κ1) is 16.8. The molecule has 3 rings (SSSR count). The Bertz CT molecular complexity index is 892. The molecule has 0 radical (unpaired) electrons. The smallest absolute Gasteiger partial charge is 0.227 e. The molecule has 0 bridgehead atoms. The number of aromatic nitrogens is 2. The number of benzene rings is 2. The van der Waals surface area contributed by atoms with Gasteiger partial charge in [-0.25, -0.2) is 8.78 Å². The molecule has 1 N–H and O–H groups in total. The Balaban J connectivity index is 1.58. The molecule has 0 aliphatic carbocycles. The van der Waals surface area contributed by atoms with Crippen molar-refractivity contribution in [3.63, 3.8) is 0 Å². The van der Waals surface area contributed by atoms with Crippen LogP contribution in [0, 0.1) is 18.6 Å². The number of carbonyl (C=O) groups is 1. The SMILES string of the molecule is Cc1ccc(-c2noc(CCC(=O)Nc3ccc(F)cc3F)n2)cc1. The Kier molecular flexibility index (Phi) is 4.83. The highest BCUT2D eigenvalue weighted by Gasteiger charge is 2.12. The number of hydrogen-bond donors (Lipinski definition) is 1. The number of aryl methyl sites for hydroxylation is 2. The van der Waals surface area contributed by atoms with E-state index >= 15 is 0 Å². The van der Waals surface area contributed by atoms with E-state index in [1.165, 1.54) is 6.07 Å². The van der Waals surface area contributed by atoms with Gasteiger partial charge in [0.05, 0.1) is 5.69 Å². The van der Waals surface area contributed by atoms with E-state index in [-0.39, 0.29) is 18.5 Å². The van der Waals surface area contributed by atoms with E-state index < -0.39 is 17.5 Å². The topological polar surface area (TPSA) is 68.0 Å². The number of hydrogen-bond acceptors (Lipinski definition) is 4. The number of halogens is 2. The summed E-state index contributed by atoms with van der Waals surface area (Å²) in [4.78, 5) is 16.1. The number of nitrogens with one attached hydrogen (secondary N) is 1. The van der Waals surface area contributed by atoms with Crippen LogP contribution in [0.25, 0.3) is 11.4 Å². The van der Waals surface area contributed by atoms with E-state index in [1.807, 2.05) is 31.2 Å². The highest BCUT2D eigenvalue weighted by molar-refractivity contribution is 5.90. The van der Waals surface area contributed by atoms with E-state index in [9.17, 15) is 13.6 Å². The van der Waals surface area contributed by atoms with E-state index in [4.69, 9.17) is 4.52 Å². The van der Waals surface area contributed by atoms with Crippen molar-refractivity contribution in [1.29, 1.82) is 0 Å². The van der Waals surface area contributed by atoms with Gasteiger partial charge in [-0.1, -0.05) is 35.0 Å². The average Bonchev–Trinajstić information content (AvgIpc) is 3.05. The summed E-state index contributed by atoms with van der Waals surface area (Å²) in [6.45, 7) is 1.98. The Morgan fingerprint density at radius 2 is 1.92 bits per heavy atom. The van der Waals surface area contributed by atoms with Crippen molar-refractivity contribution >= 4 is 11.6 Å². The normalized spacial score (nSPS) is 10.7. The van der Waals surface area contributed by atoms with E-state index in [0.29, 0.717) is 17.8 Å². The summed E-state index contributed by atoms with van der Waals surface area (Å²) < 4.78 is 31.5. The quantitative estimate of drug-likeness (QED) is 0.763. The minimum Gasteiger partial charge on any atom is -0.339 e. The van der Waals surface area contributed by atoms with Crippen molar-refractivity contribution in [3.8, 4) is 11.4 Å². The van der Waals surface area contributed by atoms with Gasteiger partial charge in [0.1, 0.15) is 11.6 Å². The predicted molar refractivity (Wildman–Crippen MR) is 87.8 cm³/mol. The minimum absolute atomic E-state index is 0.0341. The van der Waals surface area contributed by atoms with E-state index in [2.05, 4.69) is 15.5 Å². The number of rotatable bonds is 5. The predicted octanol–water partition coefficient (Wildman–Crippen LogP) is 3.89. The molecule has 0 aliphatic rings. The fraction of sp³-hybridized carbons (Fsp3) is 0.167. The highest BCUT2D eigenvalue weighted by atomic mass is 19.1. The lowest BCUT2D eigenvalue weighted by molar-refractivity contribution is -0.116. The van der Waals surface area contributed by atoms with E-state index in [0.717, 1.165) is 17.2 Å². The van der Waals surface area contributed by atoms with Crippen LogP contribution in [0.15, 0.2) is 47.0 Å². The van der Waals surface area contributed by atoms with Gasteiger partial charge in [0.2, 0.25) is 17.6 Å². The first-order valence-corrected chi connectivity index (χ1v) is 7.66. The largest absolute Gasteiger partial charge is 0.339 e. The van der Waals surface area contributed by atoms with Crippen molar-refractivity contribution in [2.75, 3.05) is 5.32 Å². The van der Waals surface area contributed by atoms with Gasteiger partial charge in [0.15, 0.2) is 0 Å². The van der Waals surface area contributed by atoms with Gasteiger partial charge in [0.25, 0.3) is 0 Å². The molecule has 0 unspecified atom stereocenters. The number of anilines is 1. The summed E-state index contributed by atoms with van der Waals surface area (Å²) in [5.41, 5.74) is 1.87. The van der Waals surface area contributed by atoms with Gasteiger partial charge in [-0.05, 0) is 19.1 Å². The fourth-order valence-electron chi connectivity index (χ4n) is 2.20. The molecular formula is C18H15F2N3O2. The van der Waals surface area contributed by atoms with Crippen LogP contribution in [0.4, 0.5) is 14.5 Å². The number of carbonyl (C=O) groups excluding carboxylic acids is 1. The molecule has 0 aliphatic heterocycles. The highest BCUT2D eigenvalue weighted by Crippen LogP contribution is 2.18. The standard InChI is InChI=1S/C18H15F2N3O2/c1-11-2-4-12(5-3-11)18-22-17(25-23-18)9-8-16(24)21-15-7-6-13(19)10-14(15)20/h2-7,10H,8-9H2,1H3,(H,21,24). The Labute approximate surface area is 142 Å². The monoisotopic (exact) mass is 343 g/mol. The second kappa shape index (κ2) is 7.21. The number of amides is 1. The Hall–Kier alpha value is -3.09. The van der Waals surface area contributed by atoms with Gasteiger partial charge < -0.3 is 9.84 Å². The summed E-state index contributed by atoms with van der Waals surface area (Å²) in [6, 6.07) is 10.6. The molecule has 2 aromatic carbocycles. The third-order valence-corrected chi connectivity index (χ3v) is 3.55. The van der Waals surface area contributed by atoms with Gasteiger partial charge in [0, 0.05) is 24.5 Å². The molecule has 0 atom stereocenters. The zero-order valence-electron chi connectivity index (χ0n) is 13.4. The third kappa shape index (κ3) is 4.26. The van der Waals surface area contributed by atoms with Crippen LogP contribution in [0.3, 0.4) is 0 Å². The van der Waals surface area contributed by atoms with Crippen LogP contribution >= 0.6 is 0 Å². The summed E-state index contributed by atoms with van der Waals surface area (Å²) >= 11 is 0. The summed E-state index contributed by atoms with van der Waals surface area (Å²) in [7, 11) is 0. The van der Waals surface area contributed by atoms with Crippen LogP contribution < -0.4 is 5.32 Å². The zero-order chi connectivity index (χ0) is 17.8. The van der Waals surface area contributed by atoms with Crippen LogP contribution in [-0.4, -0.2) is 16.0 Å². The molecule has 0 fully saturated rings. The number of nitrogens with zero attached hydrogens (tertiary/aromatic N) is 2. The van der Waals surface area contributed by atoms with Crippen molar-refractivity contribution in [2.24, 2.45) is 0 Å². The average molecular weight is 343 g/mol. The summed E-state index contributed by atoms with van der Waals surface area (Å²) in [5.74, 6) is -1.20. The third-order valence-electron chi connectivity index (χ3n) is 3.55. The van der Waals surface area contributed by atoms with Crippen LogP contribution in [0.5, 0.6) is 0 Å². The second-order valence-corrected chi connectivity index (χ2v) is 5.55. The Morgan fingerprint density at radius 3 is 2.64 bits per heavy atom. The molecule has 1 heterocycles. The minimum atomic E-state index is -0.826. The van der Waals surface area contributed by atoms with Crippen molar-refractivity contribution in [3.05, 3.63) is 65.6 Å². The molecule has 7 heteroatoms. The van der Waals surface area contributed by atoms with Crippen molar-refractivity contribution < 1.29 is 18.1 Å².